The van der Waals surface area contributed by atoms with Gasteiger partial charge in [-0.15, -0.1) is 0 Å². The molecule has 7 nitrogen and oxygen atoms in total. The molecule has 0 unspecified atom stereocenters. The van der Waals surface area contributed by atoms with Gasteiger partial charge in [-0.1, -0.05) is 0 Å². The first-order valence-corrected chi connectivity index (χ1v) is 7.59. The molecule has 2 aromatic heterocycles. The molecule has 1 amide bonds. The number of pyridine rings is 1. The first-order chi connectivity index (χ1) is 12.3. The highest BCUT2D eigenvalue weighted by Crippen LogP contribution is 2.30. The highest BCUT2D eigenvalue weighted by Gasteiger charge is 2.29. The Morgan fingerprint density at radius 3 is 2.62 bits per heavy atom. The Hall–Kier alpha value is -3.30. The van der Waals surface area contributed by atoms with E-state index in [1.54, 1.807) is 13.0 Å². The van der Waals surface area contributed by atoms with Crippen molar-refractivity contribution < 1.29 is 22.7 Å². The van der Waals surface area contributed by atoms with Gasteiger partial charge in [0.2, 0.25) is 5.95 Å². The smallest absolute Gasteiger partial charge is 0.416 e. The van der Waals surface area contributed by atoms with E-state index in [-0.39, 0.29) is 12.6 Å². The van der Waals surface area contributed by atoms with Crippen LogP contribution in [0.3, 0.4) is 0 Å². The van der Waals surface area contributed by atoms with E-state index in [1.807, 2.05) is 0 Å². The second-order valence-electron chi connectivity index (χ2n) is 5.22. The number of aromatic amines is 1. The van der Waals surface area contributed by atoms with Crippen molar-refractivity contribution in [2.75, 3.05) is 17.2 Å². The van der Waals surface area contributed by atoms with Crippen molar-refractivity contribution in [3.8, 4) is 0 Å². The van der Waals surface area contributed by atoms with E-state index in [2.05, 4.69) is 25.6 Å². The van der Waals surface area contributed by atoms with Crippen molar-refractivity contribution in [2.24, 2.45) is 0 Å². The molecule has 0 saturated carbocycles. The lowest BCUT2D eigenvalue weighted by Crippen LogP contribution is -2.14. The Morgan fingerprint density at radius 2 is 1.96 bits per heavy atom. The number of benzene rings is 1. The summed E-state index contributed by atoms with van der Waals surface area (Å²) in [6.45, 7) is 1.91. The van der Waals surface area contributed by atoms with Crippen LogP contribution in [0, 0.1) is 0 Å². The monoisotopic (exact) mass is 365 g/mol. The van der Waals surface area contributed by atoms with Gasteiger partial charge in [0.25, 0.3) is 0 Å². The highest BCUT2D eigenvalue weighted by atomic mass is 19.4. The van der Waals surface area contributed by atoms with Crippen LogP contribution in [0.4, 0.5) is 35.3 Å². The minimum Gasteiger partial charge on any atom is -0.450 e. The summed E-state index contributed by atoms with van der Waals surface area (Å²) in [7, 11) is 0. The van der Waals surface area contributed by atoms with Crippen LogP contribution in [0.5, 0.6) is 0 Å². The third-order valence-electron chi connectivity index (χ3n) is 3.33. The van der Waals surface area contributed by atoms with E-state index in [4.69, 9.17) is 4.74 Å². The third kappa shape index (κ3) is 4.02. The summed E-state index contributed by atoms with van der Waals surface area (Å²) < 4.78 is 42.5. The Bertz CT molecular complexity index is 922. The number of nitrogens with one attached hydrogen (secondary N) is 3. The number of aromatic nitrogens is 3. The van der Waals surface area contributed by atoms with Crippen molar-refractivity contribution in [1.82, 2.24) is 15.0 Å². The quantitative estimate of drug-likeness (QED) is 0.642. The predicted octanol–water partition coefficient (Wildman–Crippen LogP) is 4.29. The normalized spacial score (nSPS) is 11.4. The largest absolute Gasteiger partial charge is 0.450 e. The van der Waals surface area contributed by atoms with Gasteiger partial charge in [-0.05, 0) is 37.3 Å². The molecule has 0 radical (unpaired) electrons. The first kappa shape index (κ1) is 17.5. The molecule has 2 heterocycles. The zero-order chi connectivity index (χ0) is 18.7. The van der Waals surface area contributed by atoms with E-state index in [0.29, 0.717) is 22.5 Å². The summed E-state index contributed by atoms with van der Waals surface area (Å²) in [6.07, 6.45) is -3.53. The molecule has 26 heavy (non-hydrogen) atoms. The number of hydrogen-bond acceptors (Lipinski definition) is 5. The lowest BCUT2D eigenvalue weighted by atomic mass is 10.2. The maximum Gasteiger partial charge on any atom is 0.416 e. The molecule has 0 atom stereocenters. The van der Waals surface area contributed by atoms with Crippen LogP contribution in [-0.2, 0) is 10.9 Å². The van der Waals surface area contributed by atoms with Gasteiger partial charge in [-0.3, -0.25) is 5.32 Å². The fraction of sp³-hybridized carbons (Fsp3) is 0.188. The van der Waals surface area contributed by atoms with E-state index in [0.717, 1.165) is 12.1 Å². The first-order valence-electron chi connectivity index (χ1n) is 7.59. The van der Waals surface area contributed by atoms with E-state index >= 15 is 0 Å². The van der Waals surface area contributed by atoms with Gasteiger partial charge in [0.15, 0.2) is 5.65 Å². The van der Waals surface area contributed by atoms with E-state index in [9.17, 15) is 18.0 Å². The van der Waals surface area contributed by atoms with E-state index < -0.39 is 17.8 Å². The third-order valence-corrected chi connectivity index (χ3v) is 3.33. The molecule has 0 saturated heterocycles. The average molecular weight is 365 g/mol. The molecule has 3 N–H and O–H groups in total. The number of halogens is 3. The van der Waals surface area contributed by atoms with Gasteiger partial charge >= 0.3 is 12.3 Å². The van der Waals surface area contributed by atoms with Crippen molar-refractivity contribution in [3.05, 3.63) is 42.1 Å². The van der Waals surface area contributed by atoms with Gasteiger partial charge in [-0.25, -0.2) is 14.8 Å². The van der Waals surface area contributed by atoms with Crippen LogP contribution < -0.4 is 10.6 Å². The lowest BCUT2D eigenvalue weighted by molar-refractivity contribution is -0.137. The summed E-state index contributed by atoms with van der Waals surface area (Å²) in [4.78, 5) is 22.5. The number of rotatable bonds is 4. The van der Waals surface area contributed by atoms with Crippen LogP contribution in [0.2, 0.25) is 0 Å². The van der Waals surface area contributed by atoms with Gasteiger partial charge < -0.3 is 15.0 Å². The molecule has 3 rings (SSSR count). The molecule has 3 aromatic rings. The zero-order valence-electron chi connectivity index (χ0n) is 13.5. The number of anilines is 3. The standard InChI is InChI=1S/C16H14F3N5O2/c1-2-26-15(25)24-14-22-12-7-11(8-20-13(12)23-14)21-10-5-3-9(4-6-10)16(17,18)19/h3-8,21H,2H2,1H3,(H2,20,22,23,24,25). The number of imidazole rings is 1. The van der Waals surface area contributed by atoms with Gasteiger partial charge in [0.05, 0.1) is 24.1 Å². The van der Waals surface area contributed by atoms with E-state index in [1.165, 1.54) is 18.3 Å². The summed E-state index contributed by atoms with van der Waals surface area (Å²) >= 11 is 0. The molecule has 0 aliphatic heterocycles. The second kappa shape index (κ2) is 6.90. The van der Waals surface area contributed by atoms with Gasteiger partial charge in [0.1, 0.15) is 5.52 Å². The summed E-state index contributed by atoms with van der Waals surface area (Å²) in [5, 5.41) is 5.38. The number of amides is 1. The number of ether oxygens (including phenoxy) is 1. The number of fused-ring (bicyclic) bond motifs is 1. The Labute approximate surface area is 145 Å². The Balaban J connectivity index is 1.75. The van der Waals surface area contributed by atoms with Crippen LogP contribution in [0.15, 0.2) is 36.5 Å². The molecule has 0 aliphatic carbocycles. The summed E-state index contributed by atoms with van der Waals surface area (Å²) in [6, 6.07) is 6.28. The number of nitrogens with zero attached hydrogens (tertiary/aromatic N) is 2. The van der Waals surface area contributed by atoms with Crippen molar-refractivity contribution in [3.63, 3.8) is 0 Å². The van der Waals surface area contributed by atoms with Gasteiger partial charge in [0, 0.05) is 5.69 Å². The van der Waals surface area contributed by atoms with Crippen molar-refractivity contribution >= 4 is 34.6 Å². The van der Waals surface area contributed by atoms with Gasteiger partial charge in [-0.2, -0.15) is 13.2 Å². The minimum atomic E-state index is -4.38. The minimum absolute atomic E-state index is 0.178. The molecule has 136 valence electrons. The fourth-order valence-electron chi connectivity index (χ4n) is 2.20. The fourth-order valence-corrected chi connectivity index (χ4v) is 2.20. The SMILES string of the molecule is CCOC(=O)Nc1nc2cc(Nc3ccc(C(F)(F)F)cc3)cnc2[nH]1. The molecule has 1 aromatic carbocycles. The number of H-pyrrole nitrogens is 1. The Morgan fingerprint density at radius 1 is 1.23 bits per heavy atom. The molecule has 0 bridgehead atoms. The molecular formula is C16H14F3N5O2. The molecular weight excluding hydrogens is 351 g/mol. The second-order valence-corrected chi connectivity index (χ2v) is 5.22. The molecule has 10 heteroatoms. The number of carbonyl (C=O) groups excluding carboxylic acids is 1. The number of carbonyl (C=O) groups is 1. The molecule has 0 fully saturated rings. The van der Waals surface area contributed by atoms with Crippen LogP contribution in [0.1, 0.15) is 12.5 Å². The van der Waals surface area contributed by atoms with Crippen LogP contribution in [0.25, 0.3) is 11.2 Å². The summed E-state index contributed by atoms with van der Waals surface area (Å²) in [5.41, 5.74) is 1.19. The lowest BCUT2D eigenvalue weighted by Gasteiger charge is -2.09. The maximum atomic E-state index is 12.6. The summed E-state index contributed by atoms with van der Waals surface area (Å²) in [5.74, 6) is 0.178. The number of alkyl halides is 3. The van der Waals surface area contributed by atoms with Crippen molar-refractivity contribution in [2.45, 2.75) is 13.1 Å². The molecule has 0 spiro atoms. The topological polar surface area (TPSA) is 91.9 Å². The van der Waals surface area contributed by atoms with Crippen molar-refractivity contribution in [1.29, 1.82) is 0 Å². The average Bonchev–Trinajstić information content (AvgIpc) is 2.96. The van der Waals surface area contributed by atoms with Crippen LogP contribution in [-0.4, -0.2) is 27.7 Å². The number of hydrogen-bond donors (Lipinski definition) is 3. The molecule has 0 aliphatic rings. The Kier molecular flexibility index (Phi) is 4.65. The maximum absolute atomic E-state index is 12.6. The van der Waals surface area contributed by atoms with Crippen LogP contribution >= 0.6 is 0 Å². The zero-order valence-corrected chi connectivity index (χ0v) is 13.5. The highest BCUT2D eigenvalue weighted by molar-refractivity contribution is 5.86. The predicted molar refractivity (Wildman–Crippen MR) is 89.3 cm³/mol.